The average Bonchev–Trinajstić information content (AvgIpc) is 3.34. The van der Waals surface area contributed by atoms with Crippen LogP contribution in [0.15, 0.2) is 127 Å². The molecule has 4 aromatic rings. The van der Waals surface area contributed by atoms with E-state index in [0.29, 0.717) is 54.4 Å². The van der Waals surface area contributed by atoms with Crippen molar-refractivity contribution in [3.8, 4) is 28.4 Å². The Labute approximate surface area is 381 Å². The molecule has 1 amide bonds. The minimum atomic E-state index is -1.51. The molecule has 4 aliphatic rings. The zero-order valence-electron chi connectivity index (χ0n) is 37.2. The van der Waals surface area contributed by atoms with Crippen molar-refractivity contribution in [1.82, 2.24) is 4.90 Å². The molecule has 2 aliphatic heterocycles. The first-order chi connectivity index (χ1) is 31.8. The van der Waals surface area contributed by atoms with Crippen LogP contribution in [0, 0.1) is 23.6 Å². The van der Waals surface area contributed by atoms with Gasteiger partial charge in [-0.2, -0.15) is 0 Å². The largest absolute Gasteiger partial charge is 0.459 e. The van der Waals surface area contributed by atoms with Crippen molar-refractivity contribution in [2.75, 3.05) is 33.5 Å². The van der Waals surface area contributed by atoms with Gasteiger partial charge in [0.1, 0.15) is 29.1 Å². The van der Waals surface area contributed by atoms with E-state index in [9.17, 15) is 19.4 Å². The highest BCUT2D eigenvalue weighted by Crippen LogP contribution is 2.62. The Morgan fingerprint density at radius 2 is 1.66 bits per heavy atom. The Morgan fingerprint density at radius 3 is 2.37 bits per heavy atom. The third-order valence-corrected chi connectivity index (χ3v) is 13.3. The minimum Gasteiger partial charge on any atom is -0.459 e. The summed E-state index contributed by atoms with van der Waals surface area (Å²) in [5, 5.41) is 24.9. The predicted octanol–water partition coefficient (Wildman–Crippen LogP) is 10.7. The molecule has 2 fully saturated rings. The number of carbonyl (C=O) groups is 1. The molecular weight excluding hydrogens is 828 g/mol. The number of aliphatic hydroxyl groups excluding tert-OH is 2. The van der Waals surface area contributed by atoms with Crippen LogP contribution in [0.4, 0.5) is 9.18 Å². The molecule has 8 rings (SSSR count). The molecule has 2 N–H and O–H groups in total. The predicted molar refractivity (Wildman–Crippen MR) is 246 cm³/mol. The monoisotopic (exact) mass is 888 g/mol. The molecule has 0 spiro atoms. The number of fused-ring (bicyclic) bond motifs is 2. The van der Waals surface area contributed by atoms with Gasteiger partial charge < -0.3 is 38.7 Å². The summed E-state index contributed by atoms with van der Waals surface area (Å²) >= 11 is 0. The summed E-state index contributed by atoms with van der Waals surface area (Å²) in [5.74, 6) is -0.757. The SMILES string of the molecule is C=CCOC12Oc3ccc(Oc4ccc(-c5ccccc5)cc4)cc3C3C(CCCCO)C(CCCCO)C=C(C(=NOC4CCCCO4)CC1N(Cc1ccc(F)cc1)C(=O)OC)C32. The summed E-state index contributed by atoms with van der Waals surface area (Å²) in [6.45, 7) is 4.92. The minimum absolute atomic E-state index is 0.00928. The third-order valence-electron chi connectivity index (χ3n) is 13.3. The summed E-state index contributed by atoms with van der Waals surface area (Å²) < 4.78 is 46.8. The van der Waals surface area contributed by atoms with Crippen molar-refractivity contribution in [3.05, 3.63) is 138 Å². The van der Waals surface area contributed by atoms with Crippen molar-refractivity contribution in [2.45, 2.75) is 94.8 Å². The van der Waals surface area contributed by atoms with Gasteiger partial charge in [0, 0.05) is 44.1 Å². The second kappa shape index (κ2) is 21.6. The number of amides is 1. The maximum atomic E-state index is 14.3. The van der Waals surface area contributed by atoms with Crippen LogP contribution in [0.2, 0.25) is 0 Å². The van der Waals surface area contributed by atoms with E-state index in [4.69, 9.17) is 33.7 Å². The van der Waals surface area contributed by atoms with Gasteiger partial charge in [-0.05, 0) is 115 Å². The van der Waals surface area contributed by atoms with Crippen molar-refractivity contribution in [1.29, 1.82) is 0 Å². The number of carbonyl (C=O) groups excluding carboxylic acids is 1. The van der Waals surface area contributed by atoms with Crippen molar-refractivity contribution < 1.29 is 47.9 Å². The lowest BCUT2D eigenvalue weighted by Gasteiger charge is -2.59. The Morgan fingerprint density at radius 1 is 0.923 bits per heavy atom. The molecule has 0 radical (unpaired) electrons. The number of nitrogens with zero attached hydrogens (tertiary/aromatic N) is 2. The first-order valence-electron chi connectivity index (χ1n) is 23.1. The number of ether oxygens (including phenoxy) is 5. The number of allylic oxidation sites excluding steroid dienone is 1. The quantitative estimate of drug-likeness (QED) is 0.0537. The molecule has 0 bridgehead atoms. The van der Waals surface area contributed by atoms with Gasteiger partial charge in [0.2, 0.25) is 12.1 Å². The molecule has 4 aromatic carbocycles. The number of rotatable bonds is 19. The Bertz CT molecular complexity index is 2260. The lowest BCUT2D eigenvalue weighted by atomic mass is 9.55. The Kier molecular flexibility index (Phi) is 15.3. The van der Waals surface area contributed by atoms with Crippen LogP contribution in [0.3, 0.4) is 0 Å². The van der Waals surface area contributed by atoms with E-state index >= 15 is 0 Å². The topological polar surface area (TPSA) is 129 Å². The number of oxime groups is 1. The summed E-state index contributed by atoms with van der Waals surface area (Å²) in [7, 11) is 1.34. The fourth-order valence-electron chi connectivity index (χ4n) is 10.3. The number of unbranched alkanes of at least 4 members (excludes halogenated alkanes) is 2. The van der Waals surface area contributed by atoms with Crippen molar-refractivity contribution in [2.24, 2.45) is 22.9 Å². The molecule has 11 nitrogen and oxygen atoms in total. The number of halogens is 1. The standard InChI is InChI=1S/C53H61FN2O9/c1-3-30-62-53-48(56(52(59)60-2)35-36-18-22-40(54)23-19-36)34-46(55-65-49-17-9-12-31-61-49)44-32-39(15-7-10-28-57)43(16-8-11-29-58)50(51(44)53)45-33-42(26-27-47(45)64-53)63-41-24-20-38(21-25-41)37-13-5-4-6-14-37/h3-6,13-14,18-27,32-33,39,43,48-51,57-58H,1,7-12,15-17,28-31,34-35H2,2H3. The molecule has 2 heterocycles. The molecule has 1 saturated carbocycles. The summed E-state index contributed by atoms with van der Waals surface area (Å²) in [6.07, 6.45) is 10.1. The van der Waals surface area contributed by atoms with Gasteiger partial charge in [0.15, 0.2) is 0 Å². The lowest BCUT2D eigenvalue weighted by molar-refractivity contribution is -0.256. The maximum Gasteiger partial charge on any atom is 0.410 e. The highest BCUT2D eigenvalue weighted by molar-refractivity contribution is 6.03. The second-order valence-corrected chi connectivity index (χ2v) is 17.4. The molecule has 7 atom stereocenters. The average molecular weight is 889 g/mol. The smallest absolute Gasteiger partial charge is 0.410 e. The number of aliphatic hydroxyl groups is 2. The maximum absolute atomic E-state index is 14.3. The molecule has 12 heteroatoms. The summed E-state index contributed by atoms with van der Waals surface area (Å²) in [4.78, 5) is 22.1. The molecule has 7 unspecified atom stereocenters. The number of hydrogen-bond donors (Lipinski definition) is 2. The van der Waals surface area contributed by atoms with Crippen molar-refractivity contribution in [3.63, 3.8) is 0 Å². The lowest BCUT2D eigenvalue weighted by Crippen LogP contribution is -2.70. The fraction of sp³-hybridized carbons (Fsp3) is 0.434. The van der Waals surface area contributed by atoms with E-state index in [0.717, 1.165) is 60.8 Å². The summed E-state index contributed by atoms with van der Waals surface area (Å²) in [6, 6.07) is 29.3. The zero-order valence-corrected chi connectivity index (χ0v) is 37.2. The van der Waals surface area contributed by atoms with Crippen LogP contribution in [0.5, 0.6) is 17.2 Å². The fourth-order valence-corrected chi connectivity index (χ4v) is 10.3. The van der Waals surface area contributed by atoms with Gasteiger partial charge in [0.05, 0.1) is 32.0 Å². The Balaban J connectivity index is 1.29. The molecule has 65 heavy (non-hydrogen) atoms. The van der Waals surface area contributed by atoms with Crippen LogP contribution in [0.25, 0.3) is 11.1 Å². The first kappa shape index (κ1) is 46.0. The van der Waals surface area contributed by atoms with Gasteiger partial charge in [-0.3, -0.25) is 4.90 Å². The normalized spacial score (nSPS) is 25.0. The van der Waals surface area contributed by atoms with E-state index in [2.05, 4.69) is 30.9 Å². The second-order valence-electron chi connectivity index (χ2n) is 17.4. The van der Waals surface area contributed by atoms with E-state index < -0.39 is 35.9 Å². The highest BCUT2D eigenvalue weighted by Gasteiger charge is 2.65. The van der Waals surface area contributed by atoms with E-state index in [1.807, 2.05) is 54.6 Å². The van der Waals surface area contributed by atoms with E-state index in [1.54, 1.807) is 23.1 Å². The van der Waals surface area contributed by atoms with Gasteiger partial charge >= 0.3 is 6.09 Å². The number of benzene rings is 4. The zero-order chi connectivity index (χ0) is 45.2. The molecule has 344 valence electrons. The third kappa shape index (κ3) is 10.3. The van der Waals surface area contributed by atoms with E-state index in [-0.39, 0.29) is 50.5 Å². The first-order valence-corrected chi connectivity index (χ1v) is 23.1. The van der Waals surface area contributed by atoms with Gasteiger partial charge in [-0.1, -0.05) is 84.7 Å². The van der Waals surface area contributed by atoms with Crippen LogP contribution >= 0.6 is 0 Å². The van der Waals surface area contributed by atoms with Crippen LogP contribution in [-0.4, -0.2) is 78.6 Å². The Hall–Kier alpha value is -5.53. The number of hydrogen-bond acceptors (Lipinski definition) is 10. The molecule has 0 aromatic heterocycles. The summed E-state index contributed by atoms with van der Waals surface area (Å²) in [5.41, 5.74) is 5.35. The van der Waals surface area contributed by atoms with Crippen molar-refractivity contribution >= 4 is 11.8 Å². The van der Waals surface area contributed by atoms with Crippen LogP contribution in [-0.2, 0) is 25.6 Å². The van der Waals surface area contributed by atoms with Crippen LogP contribution in [0.1, 0.15) is 81.3 Å². The molecule has 2 aliphatic carbocycles. The molecule has 1 saturated heterocycles. The van der Waals surface area contributed by atoms with Gasteiger partial charge in [0.25, 0.3) is 0 Å². The van der Waals surface area contributed by atoms with Gasteiger partial charge in [-0.25, -0.2) is 9.18 Å². The van der Waals surface area contributed by atoms with Gasteiger partial charge in [-0.15, -0.1) is 6.58 Å². The van der Waals surface area contributed by atoms with Crippen LogP contribution < -0.4 is 9.47 Å². The van der Waals surface area contributed by atoms with E-state index in [1.165, 1.54) is 19.2 Å². The number of methoxy groups -OCH3 is 1. The molecular formula is C53H61FN2O9. The highest BCUT2D eigenvalue weighted by atomic mass is 19.1.